The zero-order valence-electron chi connectivity index (χ0n) is 10.2. The van der Waals surface area contributed by atoms with Gasteiger partial charge in [-0.25, -0.2) is 14.6 Å². The van der Waals surface area contributed by atoms with Gasteiger partial charge < -0.3 is 10.2 Å². The molecule has 1 amide bonds. The van der Waals surface area contributed by atoms with Crippen molar-refractivity contribution in [2.24, 2.45) is 5.10 Å². The summed E-state index contributed by atoms with van der Waals surface area (Å²) in [6, 6.07) is 5.11. The van der Waals surface area contributed by atoms with Crippen molar-refractivity contribution in [3.8, 4) is 0 Å². The van der Waals surface area contributed by atoms with E-state index in [1.807, 2.05) is 5.43 Å². The number of benzene rings is 1. The number of amides is 1. The molecule has 8 heteroatoms. The highest BCUT2D eigenvalue weighted by Crippen LogP contribution is 2.05. The van der Waals surface area contributed by atoms with Crippen LogP contribution in [0.25, 0.3) is 0 Å². The average molecular weight is 282 g/mol. The Hall–Kier alpha value is -2.77. The lowest BCUT2D eigenvalue weighted by Gasteiger charge is -2.03. The predicted octanol–water partition coefficient (Wildman–Crippen LogP) is 0.861. The summed E-state index contributed by atoms with van der Waals surface area (Å²) >= 11 is 0. The molecule has 7 nitrogen and oxygen atoms in total. The maximum Gasteiger partial charge on any atom is 0.352 e. The minimum Gasteiger partial charge on any atom is -0.481 e. The molecule has 20 heavy (non-hydrogen) atoms. The van der Waals surface area contributed by atoms with Crippen LogP contribution >= 0.6 is 0 Å². The monoisotopic (exact) mass is 282 g/mol. The van der Waals surface area contributed by atoms with Gasteiger partial charge in [0, 0.05) is 6.42 Å². The Morgan fingerprint density at radius 1 is 1.15 bits per heavy atom. The molecule has 0 aliphatic rings. The highest BCUT2D eigenvalue weighted by Gasteiger charge is 2.14. The number of carbonyl (C=O) groups is 3. The van der Waals surface area contributed by atoms with Gasteiger partial charge in [0.05, 0.1) is 12.0 Å². The third-order valence-corrected chi connectivity index (χ3v) is 2.23. The molecule has 1 aromatic carbocycles. The Kier molecular flexibility index (Phi) is 5.33. The van der Waals surface area contributed by atoms with Crippen molar-refractivity contribution in [3.63, 3.8) is 0 Å². The van der Waals surface area contributed by atoms with Gasteiger partial charge >= 0.3 is 11.9 Å². The van der Waals surface area contributed by atoms with E-state index < -0.39 is 35.8 Å². The third kappa shape index (κ3) is 4.48. The van der Waals surface area contributed by atoms with Gasteiger partial charge in [-0.2, -0.15) is 5.10 Å². The second kappa shape index (κ2) is 6.98. The van der Waals surface area contributed by atoms with Crippen molar-refractivity contribution in [2.75, 3.05) is 0 Å². The van der Waals surface area contributed by atoms with Crippen molar-refractivity contribution in [2.45, 2.75) is 12.8 Å². The summed E-state index contributed by atoms with van der Waals surface area (Å²) in [6.45, 7) is 0. The summed E-state index contributed by atoms with van der Waals surface area (Å²) in [5.74, 6) is -4.35. The van der Waals surface area contributed by atoms with Crippen LogP contribution in [0.15, 0.2) is 29.4 Å². The number of halogens is 1. The van der Waals surface area contributed by atoms with Gasteiger partial charge in [0.1, 0.15) is 11.5 Å². The van der Waals surface area contributed by atoms with E-state index in [4.69, 9.17) is 10.2 Å². The number of nitrogens with one attached hydrogen (secondary N) is 1. The van der Waals surface area contributed by atoms with Crippen LogP contribution < -0.4 is 5.43 Å². The first-order chi connectivity index (χ1) is 9.41. The van der Waals surface area contributed by atoms with Gasteiger partial charge in [0.25, 0.3) is 5.91 Å². The van der Waals surface area contributed by atoms with Crippen molar-refractivity contribution in [1.29, 1.82) is 0 Å². The minimum absolute atomic E-state index is 0.292. The van der Waals surface area contributed by atoms with Crippen LogP contribution in [0.2, 0.25) is 0 Å². The lowest BCUT2D eigenvalue weighted by Crippen LogP contribution is -2.24. The molecule has 0 heterocycles. The zero-order chi connectivity index (χ0) is 15.1. The molecule has 0 saturated carbocycles. The Morgan fingerprint density at radius 3 is 2.35 bits per heavy atom. The number of carboxylic acid groups (broad SMARTS) is 2. The molecular formula is C12H11FN2O5. The van der Waals surface area contributed by atoms with E-state index >= 15 is 0 Å². The summed E-state index contributed by atoms with van der Waals surface area (Å²) in [4.78, 5) is 32.7. The topological polar surface area (TPSA) is 116 Å². The van der Waals surface area contributed by atoms with Gasteiger partial charge in [0.15, 0.2) is 0 Å². The van der Waals surface area contributed by atoms with Crippen molar-refractivity contribution >= 4 is 23.6 Å². The number of hydrogen-bond donors (Lipinski definition) is 3. The highest BCUT2D eigenvalue weighted by atomic mass is 19.1. The number of carbonyl (C=O) groups excluding carboxylic acids is 1. The Labute approximate surface area is 112 Å². The third-order valence-electron chi connectivity index (χ3n) is 2.23. The molecule has 0 saturated heterocycles. The lowest BCUT2D eigenvalue weighted by atomic mass is 10.2. The van der Waals surface area contributed by atoms with Crippen molar-refractivity contribution < 1.29 is 29.0 Å². The van der Waals surface area contributed by atoms with Crippen LogP contribution in [0.3, 0.4) is 0 Å². The van der Waals surface area contributed by atoms with Crippen LogP contribution in [0.5, 0.6) is 0 Å². The van der Waals surface area contributed by atoms with Crippen LogP contribution in [0.1, 0.15) is 23.2 Å². The van der Waals surface area contributed by atoms with E-state index in [0.717, 1.165) is 6.07 Å². The smallest absolute Gasteiger partial charge is 0.352 e. The number of hydrogen-bond acceptors (Lipinski definition) is 4. The van der Waals surface area contributed by atoms with Crippen molar-refractivity contribution in [1.82, 2.24) is 5.43 Å². The molecule has 0 atom stereocenters. The molecule has 0 spiro atoms. The molecule has 0 unspecified atom stereocenters. The minimum atomic E-state index is -1.46. The van der Waals surface area contributed by atoms with Gasteiger partial charge in [-0.05, 0) is 12.1 Å². The largest absolute Gasteiger partial charge is 0.481 e. The average Bonchev–Trinajstić information content (AvgIpc) is 2.38. The first-order valence-corrected chi connectivity index (χ1v) is 5.48. The van der Waals surface area contributed by atoms with Gasteiger partial charge in [-0.3, -0.25) is 9.59 Å². The van der Waals surface area contributed by atoms with E-state index in [1.54, 1.807) is 0 Å². The zero-order valence-corrected chi connectivity index (χ0v) is 10.2. The van der Waals surface area contributed by atoms with E-state index in [9.17, 15) is 18.8 Å². The van der Waals surface area contributed by atoms with Gasteiger partial charge in [0.2, 0.25) is 0 Å². The molecule has 0 bridgehead atoms. The molecule has 0 aliphatic heterocycles. The normalized spacial score (nSPS) is 10.9. The van der Waals surface area contributed by atoms with Gasteiger partial charge in [-0.15, -0.1) is 0 Å². The summed E-state index contributed by atoms with van der Waals surface area (Å²) in [6.07, 6.45) is -0.803. The first-order valence-electron chi connectivity index (χ1n) is 5.48. The van der Waals surface area contributed by atoms with Crippen LogP contribution in [0.4, 0.5) is 4.39 Å². The molecule has 0 aromatic heterocycles. The summed E-state index contributed by atoms with van der Waals surface area (Å²) in [5, 5.41) is 20.5. The quantitative estimate of drug-likeness (QED) is 0.528. The first kappa shape index (κ1) is 15.3. The van der Waals surface area contributed by atoms with Gasteiger partial charge in [-0.1, -0.05) is 12.1 Å². The standard InChI is InChI=1S/C12H11FN2O5/c13-8-4-2-1-3-7(8)11(18)15-14-9(12(19)20)5-6-10(16)17/h1-4H,5-6H2,(H,15,18)(H,16,17)(H,19,20)/b14-9-. The SMILES string of the molecule is O=C(O)CC/C(=N/NC(=O)c1ccccc1F)C(=O)O. The van der Waals surface area contributed by atoms with Crippen molar-refractivity contribution in [3.05, 3.63) is 35.6 Å². The lowest BCUT2D eigenvalue weighted by molar-refractivity contribution is -0.136. The fourth-order valence-corrected chi connectivity index (χ4v) is 1.26. The van der Waals surface area contributed by atoms with E-state index in [1.165, 1.54) is 18.2 Å². The van der Waals surface area contributed by atoms with E-state index in [2.05, 4.69) is 5.10 Å². The molecule has 0 aliphatic carbocycles. The maximum absolute atomic E-state index is 13.3. The summed E-state index contributed by atoms with van der Waals surface area (Å²) < 4.78 is 13.3. The molecule has 1 rings (SSSR count). The number of carboxylic acids is 2. The second-order valence-electron chi connectivity index (χ2n) is 3.68. The molecule has 3 N–H and O–H groups in total. The van der Waals surface area contributed by atoms with E-state index in [-0.39, 0.29) is 12.0 Å². The molecule has 106 valence electrons. The van der Waals surface area contributed by atoms with E-state index in [0.29, 0.717) is 0 Å². The molecular weight excluding hydrogens is 271 g/mol. The Balaban J connectivity index is 2.77. The van der Waals surface area contributed by atoms with Crippen LogP contribution in [-0.2, 0) is 9.59 Å². The fraction of sp³-hybridized carbons (Fsp3) is 0.167. The number of hydrazone groups is 1. The summed E-state index contributed by atoms with van der Waals surface area (Å²) in [7, 11) is 0. The Bertz CT molecular complexity index is 571. The molecule has 0 fully saturated rings. The van der Waals surface area contributed by atoms with Crippen LogP contribution in [0, 0.1) is 5.82 Å². The molecule has 1 aromatic rings. The number of aliphatic carboxylic acids is 2. The second-order valence-corrected chi connectivity index (χ2v) is 3.68. The Morgan fingerprint density at radius 2 is 1.80 bits per heavy atom. The van der Waals surface area contributed by atoms with Crippen LogP contribution in [-0.4, -0.2) is 33.8 Å². The fourth-order valence-electron chi connectivity index (χ4n) is 1.26. The predicted molar refractivity (Wildman–Crippen MR) is 65.8 cm³/mol. The maximum atomic E-state index is 13.3. The molecule has 0 radical (unpaired) electrons. The summed E-state index contributed by atoms with van der Waals surface area (Å²) in [5.41, 5.74) is 1.06. The number of rotatable bonds is 6. The number of nitrogens with zero attached hydrogens (tertiary/aromatic N) is 1. The highest BCUT2D eigenvalue weighted by molar-refractivity contribution is 6.35.